The van der Waals surface area contributed by atoms with E-state index in [9.17, 15) is 0 Å². The number of rotatable bonds is 8. The number of guanidine groups is 1. The number of halogens is 1. The van der Waals surface area contributed by atoms with Crippen molar-refractivity contribution in [2.75, 3.05) is 34.2 Å². The summed E-state index contributed by atoms with van der Waals surface area (Å²) < 4.78 is 0. The Labute approximate surface area is 142 Å². The number of nitrogens with one attached hydrogen (secondary N) is 2. The molecule has 1 fully saturated rings. The average Bonchev–Trinajstić information content (AvgIpc) is 3.15. The Morgan fingerprint density at radius 1 is 1.25 bits per heavy atom. The van der Waals surface area contributed by atoms with Crippen molar-refractivity contribution in [1.29, 1.82) is 0 Å². The van der Waals surface area contributed by atoms with E-state index in [1.807, 2.05) is 7.05 Å². The molecule has 0 aromatic carbocycles. The van der Waals surface area contributed by atoms with Gasteiger partial charge >= 0.3 is 0 Å². The molecule has 0 aromatic rings. The van der Waals surface area contributed by atoms with Gasteiger partial charge in [0.1, 0.15) is 0 Å². The quantitative estimate of drug-likeness (QED) is 0.287. The molecule has 1 atom stereocenters. The molecule has 1 rings (SSSR count). The lowest BCUT2D eigenvalue weighted by molar-refractivity contribution is 0.264. The van der Waals surface area contributed by atoms with Gasteiger partial charge in [-0.2, -0.15) is 0 Å². The number of nitrogens with zero attached hydrogens (tertiary/aromatic N) is 2. The van der Waals surface area contributed by atoms with Gasteiger partial charge in [0.15, 0.2) is 5.96 Å². The Morgan fingerprint density at radius 3 is 2.35 bits per heavy atom. The summed E-state index contributed by atoms with van der Waals surface area (Å²) in [5.74, 6) is 2.60. The fourth-order valence-corrected chi connectivity index (χ4v) is 2.39. The zero-order valence-corrected chi connectivity index (χ0v) is 16.1. The van der Waals surface area contributed by atoms with Crippen LogP contribution < -0.4 is 10.6 Å². The van der Waals surface area contributed by atoms with E-state index < -0.39 is 0 Å². The highest BCUT2D eigenvalue weighted by molar-refractivity contribution is 14.0. The van der Waals surface area contributed by atoms with Gasteiger partial charge in [-0.25, -0.2) is 0 Å². The first kappa shape index (κ1) is 20.0. The summed E-state index contributed by atoms with van der Waals surface area (Å²) in [7, 11) is 6.19. The molecule has 4 nitrogen and oxygen atoms in total. The maximum absolute atomic E-state index is 4.29. The minimum atomic E-state index is 0. The lowest BCUT2D eigenvalue weighted by atomic mass is 10.1. The van der Waals surface area contributed by atoms with Gasteiger partial charge in [-0.1, -0.05) is 13.8 Å². The van der Waals surface area contributed by atoms with Gasteiger partial charge in [-0.3, -0.25) is 4.99 Å². The van der Waals surface area contributed by atoms with Crippen molar-refractivity contribution >= 4 is 29.9 Å². The van der Waals surface area contributed by atoms with Gasteiger partial charge in [-0.15, -0.1) is 24.0 Å². The van der Waals surface area contributed by atoms with Crippen molar-refractivity contribution in [2.45, 2.75) is 45.6 Å². The fraction of sp³-hybridized carbons (Fsp3) is 0.933. The topological polar surface area (TPSA) is 39.7 Å². The predicted molar refractivity (Wildman–Crippen MR) is 99.1 cm³/mol. The fourth-order valence-electron chi connectivity index (χ4n) is 2.39. The summed E-state index contributed by atoms with van der Waals surface area (Å²) in [6.45, 7) is 6.53. The third-order valence-electron chi connectivity index (χ3n) is 3.78. The van der Waals surface area contributed by atoms with Gasteiger partial charge in [0.05, 0.1) is 0 Å². The van der Waals surface area contributed by atoms with Crippen LogP contribution in [0.25, 0.3) is 0 Å². The molecule has 120 valence electrons. The Balaban J connectivity index is 0.00000361. The minimum Gasteiger partial charge on any atom is -0.356 e. The highest BCUT2D eigenvalue weighted by Gasteiger charge is 2.32. The smallest absolute Gasteiger partial charge is 0.191 e. The molecule has 1 aliphatic rings. The standard InChI is InChI=1S/C15H32N4.HI/c1-12(2)7-6-10-17-15(16-3)18-11-14(19(4)5)13-8-9-13;/h12-14H,6-11H2,1-5H3,(H2,16,17,18);1H. The largest absolute Gasteiger partial charge is 0.356 e. The zero-order chi connectivity index (χ0) is 14.3. The molecule has 0 aliphatic heterocycles. The number of aliphatic imine (C=N–C) groups is 1. The molecule has 0 aromatic heterocycles. The van der Waals surface area contributed by atoms with Gasteiger partial charge in [0.25, 0.3) is 0 Å². The second kappa shape index (κ2) is 10.7. The Kier molecular flexibility index (Phi) is 10.6. The molecule has 0 amide bonds. The van der Waals surface area contributed by atoms with Gasteiger partial charge < -0.3 is 15.5 Å². The molecule has 0 spiro atoms. The monoisotopic (exact) mass is 396 g/mol. The Morgan fingerprint density at radius 2 is 1.90 bits per heavy atom. The van der Waals surface area contributed by atoms with Crippen LogP contribution in [0.5, 0.6) is 0 Å². The average molecular weight is 396 g/mol. The van der Waals surface area contributed by atoms with Crippen LogP contribution in [0.4, 0.5) is 0 Å². The molecular formula is C15H33IN4. The lowest BCUT2D eigenvalue weighted by Crippen LogP contribution is -2.46. The van der Waals surface area contributed by atoms with Crippen LogP contribution in [0.1, 0.15) is 39.5 Å². The second-order valence-corrected chi connectivity index (χ2v) is 6.28. The van der Waals surface area contributed by atoms with Gasteiger partial charge in [0.2, 0.25) is 0 Å². The Bertz CT molecular complexity index is 273. The van der Waals surface area contributed by atoms with Crippen LogP contribution in [0, 0.1) is 11.8 Å². The summed E-state index contributed by atoms with van der Waals surface area (Å²) in [6.07, 6.45) is 5.24. The van der Waals surface area contributed by atoms with E-state index in [1.54, 1.807) is 0 Å². The van der Waals surface area contributed by atoms with Crippen LogP contribution in [-0.2, 0) is 0 Å². The maximum Gasteiger partial charge on any atom is 0.191 e. The van der Waals surface area contributed by atoms with Crippen LogP contribution in [0.2, 0.25) is 0 Å². The van der Waals surface area contributed by atoms with Crippen molar-refractivity contribution in [3.8, 4) is 0 Å². The van der Waals surface area contributed by atoms with Crippen molar-refractivity contribution in [1.82, 2.24) is 15.5 Å². The first-order valence-electron chi connectivity index (χ1n) is 7.65. The highest BCUT2D eigenvalue weighted by Crippen LogP contribution is 2.34. The molecular weight excluding hydrogens is 363 g/mol. The van der Waals surface area contributed by atoms with Crippen molar-refractivity contribution in [3.63, 3.8) is 0 Å². The first-order valence-corrected chi connectivity index (χ1v) is 7.65. The van der Waals surface area contributed by atoms with Crippen LogP contribution in [0.3, 0.4) is 0 Å². The summed E-state index contributed by atoms with van der Waals surface area (Å²) >= 11 is 0. The SMILES string of the molecule is CN=C(NCCCC(C)C)NCC(C1CC1)N(C)C.I. The molecule has 0 radical (unpaired) electrons. The predicted octanol–water partition coefficient (Wildman–Crippen LogP) is 2.55. The Hall–Kier alpha value is -0.0400. The number of likely N-dealkylation sites (N-methyl/N-ethyl adjacent to an activating group) is 1. The minimum absolute atomic E-state index is 0. The van der Waals surface area contributed by atoms with Crippen LogP contribution in [-0.4, -0.2) is 51.1 Å². The molecule has 1 aliphatic carbocycles. The third kappa shape index (κ3) is 8.29. The van der Waals surface area contributed by atoms with E-state index in [2.05, 4.69) is 48.5 Å². The summed E-state index contributed by atoms with van der Waals surface area (Å²) in [5, 5.41) is 6.86. The van der Waals surface area contributed by atoms with E-state index in [0.29, 0.717) is 6.04 Å². The molecule has 0 bridgehead atoms. The number of hydrogen-bond donors (Lipinski definition) is 2. The van der Waals surface area contributed by atoms with Crippen LogP contribution >= 0.6 is 24.0 Å². The molecule has 1 unspecified atom stereocenters. The highest BCUT2D eigenvalue weighted by atomic mass is 127. The third-order valence-corrected chi connectivity index (χ3v) is 3.78. The van der Waals surface area contributed by atoms with Crippen molar-refractivity contribution in [2.24, 2.45) is 16.8 Å². The van der Waals surface area contributed by atoms with E-state index in [0.717, 1.165) is 30.9 Å². The molecule has 1 saturated carbocycles. The summed E-state index contributed by atoms with van der Waals surface area (Å²) in [6, 6.07) is 0.634. The molecule has 0 heterocycles. The van der Waals surface area contributed by atoms with E-state index in [4.69, 9.17) is 0 Å². The van der Waals surface area contributed by atoms with E-state index in [-0.39, 0.29) is 24.0 Å². The number of hydrogen-bond acceptors (Lipinski definition) is 2. The van der Waals surface area contributed by atoms with Crippen molar-refractivity contribution in [3.05, 3.63) is 0 Å². The molecule has 20 heavy (non-hydrogen) atoms. The second-order valence-electron chi connectivity index (χ2n) is 6.28. The summed E-state index contributed by atoms with van der Waals surface area (Å²) in [5.41, 5.74) is 0. The zero-order valence-electron chi connectivity index (χ0n) is 13.8. The van der Waals surface area contributed by atoms with Crippen LogP contribution in [0.15, 0.2) is 4.99 Å². The molecule has 5 heteroatoms. The lowest BCUT2D eigenvalue weighted by Gasteiger charge is -2.25. The van der Waals surface area contributed by atoms with Crippen molar-refractivity contribution < 1.29 is 0 Å². The molecule has 0 saturated heterocycles. The van der Waals surface area contributed by atoms with Gasteiger partial charge in [-0.05, 0) is 51.6 Å². The normalized spacial score (nSPS) is 17.1. The first-order chi connectivity index (χ1) is 9.04. The van der Waals surface area contributed by atoms with E-state index >= 15 is 0 Å². The summed E-state index contributed by atoms with van der Waals surface area (Å²) in [4.78, 5) is 6.62. The molecule has 2 N–H and O–H groups in total. The van der Waals surface area contributed by atoms with Gasteiger partial charge in [0, 0.05) is 26.2 Å². The van der Waals surface area contributed by atoms with E-state index in [1.165, 1.54) is 25.7 Å². The maximum atomic E-state index is 4.29.